The summed E-state index contributed by atoms with van der Waals surface area (Å²) in [5, 5.41) is 12.0. The highest BCUT2D eigenvalue weighted by molar-refractivity contribution is 5.83. The van der Waals surface area contributed by atoms with E-state index in [9.17, 15) is 5.21 Å². The van der Waals surface area contributed by atoms with Crippen molar-refractivity contribution in [2.75, 3.05) is 0 Å². The standard InChI is InChI=1S/C17H15N4O2/c1-17(2)10-14(16-19-6-8-21(16)22)13-9-12(3-4-15(13)23-17)20-7-5-18-11-20/h3-11H,1-2H3/q-1. The minimum atomic E-state index is -0.509. The Bertz CT molecular complexity index is 891. The molecular weight excluding hydrogens is 292 g/mol. The van der Waals surface area contributed by atoms with E-state index in [2.05, 4.69) is 9.97 Å². The molecule has 4 rings (SSSR count). The van der Waals surface area contributed by atoms with Gasteiger partial charge < -0.3 is 19.2 Å². The second-order valence-corrected chi connectivity index (χ2v) is 5.99. The highest BCUT2D eigenvalue weighted by Crippen LogP contribution is 2.39. The van der Waals surface area contributed by atoms with Crippen LogP contribution in [0.5, 0.6) is 5.75 Å². The molecule has 3 aromatic rings. The van der Waals surface area contributed by atoms with E-state index in [-0.39, 0.29) is 0 Å². The van der Waals surface area contributed by atoms with Crippen molar-refractivity contribution in [3.63, 3.8) is 0 Å². The van der Waals surface area contributed by atoms with E-state index in [4.69, 9.17) is 4.74 Å². The molecule has 0 bridgehead atoms. The Morgan fingerprint density at radius 2 is 2.04 bits per heavy atom. The van der Waals surface area contributed by atoms with E-state index in [0.717, 1.165) is 27.3 Å². The fourth-order valence-electron chi connectivity index (χ4n) is 2.79. The van der Waals surface area contributed by atoms with Crippen LogP contribution in [-0.4, -0.2) is 24.9 Å². The molecule has 0 saturated carbocycles. The molecule has 6 nitrogen and oxygen atoms in total. The van der Waals surface area contributed by atoms with Crippen molar-refractivity contribution in [2.45, 2.75) is 19.4 Å². The summed E-state index contributed by atoms with van der Waals surface area (Å²) in [6, 6.07) is 5.85. The van der Waals surface area contributed by atoms with E-state index >= 15 is 0 Å². The second kappa shape index (κ2) is 4.74. The molecule has 0 aliphatic carbocycles. The third kappa shape index (κ3) is 2.28. The SMILES string of the molecule is CC1(C)C=C(c2nccn2[O-])c2cc(-n3ccnc3)ccc2O1. The molecule has 1 aliphatic rings. The average Bonchev–Trinajstić information content (AvgIpc) is 3.16. The Kier molecular flexibility index (Phi) is 2.81. The molecule has 2 aromatic heterocycles. The maximum Gasteiger partial charge on any atom is 0.135 e. The Labute approximate surface area is 133 Å². The molecule has 6 heteroatoms. The summed E-state index contributed by atoms with van der Waals surface area (Å²) in [6.45, 7) is 3.91. The van der Waals surface area contributed by atoms with Crippen LogP contribution < -0.4 is 4.74 Å². The smallest absolute Gasteiger partial charge is 0.135 e. The van der Waals surface area contributed by atoms with E-state index in [1.807, 2.05) is 48.9 Å². The molecule has 3 heterocycles. The van der Waals surface area contributed by atoms with Gasteiger partial charge in [0.25, 0.3) is 0 Å². The number of benzene rings is 1. The summed E-state index contributed by atoms with van der Waals surface area (Å²) in [5.74, 6) is 1.12. The summed E-state index contributed by atoms with van der Waals surface area (Å²) >= 11 is 0. The lowest BCUT2D eigenvalue weighted by Crippen LogP contribution is -2.29. The molecule has 116 valence electrons. The van der Waals surface area contributed by atoms with Crippen molar-refractivity contribution < 1.29 is 4.74 Å². The number of rotatable bonds is 2. The number of nitrogens with zero attached hydrogens (tertiary/aromatic N) is 4. The van der Waals surface area contributed by atoms with Gasteiger partial charge in [0.15, 0.2) is 0 Å². The monoisotopic (exact) mass is 307 g/mol. The predicted molar refractivity (Wildman–Crippen MR) is 86.3 cm³/mol. The summed E-state index contributed by atoms with van der Waals surface area (Å²) < 4.78 is 8.70. The lowest BCUT2D eigenvalue weighted by Gasteiger charge is -2.31. The first kappa shape index (κ1) is 13.6. The highest BCUT2D eigenvalue weighted by Gasteiger charge is 2.28. The number of hydrogen-bond acceptors (Lipinski definition) is 4. The van der Waals surface area contributed by atoms with E-state index in [1.54, 1.807) is 12.5 Å². The van der Waals surface area contributed by atoms with E-state index in [0.29, 0.717) is 5.82 Å². The van der Waals surface area contributed by atoms with Crippen LogP contribution in [0.3, 0.4) is 0 Å². The van der Waals surface area contributed by atoms with Gasteiger partial charge in [-0.1, -0.05) is 0 Å². The van der Waals surface area contributed by atoms with Crippen LogP contribution in [0.2, 0.25) is 0 Å². The van der Waals surface area contributed by atoms with Gasteiger partial charge in [-0.05, 0) is 38.1 Å². The molecule has 0 atom stereocenters. The Hall–Kier alpha value is -3.02. The van der Waals surface area contributed by atoms with Gasteiger partial charge in [0.05, 0.1) is 6.33 Å². The van der Waals surface area contributed by atoms with Crippen LogP contribution in [0.4, 0.5) is 0 Å². The predicted octanol–water partition coefficient (Wildman–Crippen LogP) is 3.02. The number of ether oxygens (including phenoxy) is 1. The van der Waals surface area contributed by atoms with Gasteiger partial charge in [0.2, 0.25) is 0 Å². The molecular formula is C17H15N4O2-. The maximum absolute atomic E-state index is 12.0. The van der Waals surface area contributed by atoms with Gasteiger partial charge in [0.1, 0.15) is 17.2 Å². The molecule has 1 aliphatic heterocycles. The average molecular weight is 307 g/mol. The van der Waals surface area contributed by atoms with Crippen LogP contribution in [0, 0.1) is 5.21 Å². The molecule has 0 unspecified atom stereocenters. The molecule has 0 radical (unpaired) electrons. The number of fused-ring (bicyclic) bond motifs is 1. The Balaban J connectivity index is 1.91. The van der Waals surface area contributed by atoms with Crippen molar-refractivity contribution >= 4 is 5.57 Å². The van der Waals surface area contributed by atoms with Gasteiger partial charge in [0, 0.05) is 41.6 Å². The Morgan fingerprint density at radius 3 is 2.74 bits per heavy atom. The van der Waals surface area contributed by atoms with Crippen molar-refractivity contribution in [1.82, 2.24) is 19.3 Å². The van der Waals surface area contributed by atoms with E-state index in [1.165, 1.54) is 12.4 Å². The minimum Gasteiger partial charge on any atom is -0.805 e. The first-order chi connectivity index (χ1) is 11.0. The first-order valence-corrected chi connectivity index (χ1v) is 7.29. The van der Waals surface area contributed by atoms with Crippen molar-refractivity contribution in [2.24, 2.45) is 0 Å². The molecule has 0 spiro atoms. The third-order valence-electron chi connectivity index (χ3n) is 3.77. The quantitative estimate of drug-likeness (QED) is 0.730. The highest BCUT2D eigenvalue weighted by atomic mass is 16.5. The van der Waals surface area contributed by atoms with Gasteiger partial charge in [-0.3, -0.25) is 0 Å². The third-order valence-corrected chi connectivity index (χ3v) is 3.77. The van der Waals surface area contributed by atoms with Crippen molar-refractivity contribution in [3.05, 3.63) is 72.0 Å². The number of imidazole rings is 2. The largest absolute Gasteiger partial charge is 0.805 e. The maximum atomic E-state index is 12.0. The normalized spacial score (nSPS) is 15.7. The summed E-state index contributed by atoms with van der Waals surface area (Å²) in [4.78, 5) is 8.27. The molecule has 0 saturated heterocycles. The van der Waals surface area contributed by atoms with Crippen LogP contribution in [0.25, 0.3) is 11.3 Å². The van der Waals surface area contributed by atoms with Crippen LogP contribution in [0.1, 0.15) is 25.2 Å². The zero-order valence-electron chi connectivity index (χ0n) is 12.8. The lowest BCUT2D eigenvalue weighted by molar-refractivity contribution is 0.158. The van der Waals surface area contributed by atoms with Crippen LogP contribution >= 0.6 is 0 Å². The number of hydrogen-bond donors (Lipinski definition) is 0. The molecule has 1 aromatic carbocycles. The van der Waals surface area contributed by atoms with Crippen LogP contribution in [-0.2, 0) is 0 Å². The fourth-order valence-corrected chi connectivity index (χ4v) is 2.79. The van der Waals surface area contributed by atoms with Crippen LogP contribution in [0.15, 0.2) is 55.4 Å². The van der Waals surface area contributed by atoms with Gasteiger partial charge in [-0.25, -0.2) is 9.97 Å². The lowest BCUT2D eigenvalue weighted by atomic mass is 9.94. The zero-order valence-corrected chi connectivity index (χ0v) is 12.8. The summed E-state index contributed by atoms with van der Waals surface area (Å²) in [6.07, 6.45) is 10.2. The van der Waals surface area contributed by atoms with E-state index < -0.39 is 5.60 Å². The molecule has 23 heavy (non-hydrogen) atoms. The fraction of sp³-hybridized carbons (Fsp3) is 0.176. The second-order valence-electron chi connectivity index (χ2n) is 5.99. The summed E-state index contributed by atoms with van der Waals surface area (Å²) in [5.41, 5.74) is 2.06. The molecule has 0 amide bonds. The topological polar surface area (TPSA) is 67.9 Å². The number of aromatic nitrogens is 4. The molecule has 0 N–H and O–H groups in total. The van der Waals surface area contributed by atoms with Gasteiger partial charge in [-0.2, -0.15) is 0 Å². The Morgan fingerprint density at radius 1 is 1.17 bits per heavy atom. The zero-order chi connectivity index (χ0) is 16.0. The minimum absolute atomic E-state index is 0.380. The van der Waals surface area contributed by atoms with Crippen molar-refractivity contribution in [3.8, 4) is 11.4 Å². The summed E-state index contributed by atoms with van der Waals surface area (Å²) in [7, 11) is 0. The van der Waals surface area contributed by atoms with Gasteiger partial charge in [-0.15, -0.1) is 0 Å². The first-order valence-electron chi connectivity index (χ1n) is 7.29. The molecule has 0 fully saturated rings. The van der Waals surface area contributed by atoms with Crippen molar-refractivity contribution in [1.29, 1.82) is 0 Å². The van der Waals surface area contributed by atoms with Gasteiger partial charge >= 0.3 is 0 Å².